The van der Waals surface area contributed by atoms with E-state index in [4.69, 9.17) is 5.26 Å². The largest absolute Gasteiger partial charge is 0.360 e. The molecule has 1 unspecified atom stereocenters. The number of hydrogen-bond donors (Lipinski definition) is 1. The van der Waals surface area contributed by atoms with Gasteiger partial charge in [-0.1, -0.05) is 0 Å². The van der Waals surface area contributed by atoms with E-state index in [-0.39, 0.29) is 0 Å². The highest BCUT2D eigenvalue weighted by Crippen LogP contribution is 2.17. The molecule has 4 heteroatoms. The number of nitrogens with one attached hydrogen (secondary N) is 1. The van der Waals surface area contributed by atoms with Crippen molar-refractivity contribution in [3.05, 3.63) is 23.0 Å². The van der Waals surface area contributed by atoms with Crippen LogP contribution in [0.1, 0.15) is 29.8 Å². The van der Waals surface area contributed by atoms with Crippen molar-refractivity contribution in [1.82, 2.24) is 14.8 Å². The predicted octanol–water partition coefficient (Wildman–Crippen LogP) is 1.72. The highest BCUT2D eigenvalue weighted by Gasteiger charge is 2.22. The molecule has 0 aliphatic carbocycles. The Bertz CT molecular complexity index is 443. The van der Waals surface area contributed by atoms with Crippen LogP contribution in [-0.4, -0.2) is 48.0 Å². The first-order chi connectivity index (χ1) is 8.60. The maximum absolute atomic E-state index is 8.94. The van der Waals surface area contributed by atoms with Crippen molar-refractivity contribution in [2.75, 3.05) is 27.2 Å². The Morgan fingerprint density at radius 1 is 1.61 bits per heavy atom. The molecule has 1 aromatic heterocycles. The standard InChI is InChI=1S/C14H22N4/c1-11-12(8-15)7-13(16-11)9-17(2)10-14-5-4-6-18(14)3/h7,14,16H,4-6,9-10H2,1-3H3. The van der Waals surface area contributed by atoms with Crippen molar-refractivity contribution < 1.29 is 0 Å². The summed E-state index contributed by atoms with van der Waals surface area (Å²) in [6.45, 7) is 5.15. The molecular formula is C14H22N4. The Morgan fingerprint density at radius 3 is 2.94 bits per heavy atom. The molecule has 0 bridgehead atoms. The van der Waals surface area contributed by atoms with Gasteiger partial charge in [-0.2, -0.15) is 5.26 Å². The summed E-state index contributed by atoms with van der Waals surface area (Å²) < 4.78 is 0. The summed E-state index contributed by atoms with van der Waals surface area (Å²) in [5.41, 5.74) is 2.86. The monoisotopic (exact) mass is 246 g/mol. The van der Waals surface area contributed by atoms with Crippen molar-refractivity contribution >= 4 is 0 Å². The van der Waals surface area contributed by atoms with Crippen LogP contribution in [0.3, 0.4) is 0 Å². The molecule has 98 valence electrons. The second-order valence-corrected chi connectivity index (χ2v) is 5.42. The second kappa shape index (κ2) is 5.55. The Hall–Kier alpha value is -1.31. The van der Waals surface area contributed by atoms with Gasteiger partial charge < -0.3 is 9.88 Å². The molecule has 0 amide bonds. The minimum atomic E-state index is 0.682. The van der Waals surface area contributed by atoms with Gasteiger partial charge in [-0.05, 0) is 46.5 Å². The Morgan fingerprint density at radius 2 is 2.39 bits per heavy atom. The van der Waals surface area contributed by atoms with E-state index < -0.39 is 0 Å². The van der Waals surface area contributed by atoms with Crippen LogP contribution in [0.4, 0.5) is 0 Å². The van der Waals surface area contributed by atoms with Gasteiger partial charge in [0.15, 0.2) is 0 Å². The molecule has 1 aliphatic rings. The van der Waals surface area contributed by atoms with Gasteiger partial charge in [0, 0.05) is 30.5 Å². The van der Waals surface area contributed by atoms with Crippen LogP contribution in [0.25, 0.3) is 0 Å². The number of rotatable bonds is 4. The fourth-order valence-electron chi connectivity index (χ4n) is 2.75. The zero-order chi connectivity index (χ0) is 13.1. The lowest BCUT2D eigenvalue weighted by atomic mass is 10.2. The van der Waals surface area contributed by atoms with Crippen LogP contribution < -0.4 is 0 Å². The maximum atomic E-state index is 8.94. The lowest BCUT2D eigenvalue weighted by Crippen LogP contribution is -2.36. The van der Waals surface area contributed by atoms with Crippen LogP contribution in [0, 0.1) is 18.3 Å². The highest BCUT2D eigenvalue weighted by molar-refractivity contribution is 5.35. The van der Waals surface area contributed by atoms with Crippen LogP contribution in [0.5, 0.6) is 0 Å². The molecule has 1 saturated heterocycles. The Balaban J connectivity index is 1.90. The number of nitriles is 1. The summed E-state index contributed by atoms with van der Waals surface area (Å²) in [6.07, 6.45) is 2.61. The minimum Gasteiger partial charge on any atom is -0.360 e. The van der Waals surface area contributed by atoms with E-state index in [0.717, 1.165) is 30.0 Å². The molecule has 2 rings (SSSR count). The number of aromatic amines is 1. The van der Waals surface area contributed by atoms with Crippen molar-refractivity contribution in [3.63, 3.8) is 0 Å². The van der Waals surface area contributed by atoms with Gasteiger partial charge in [0.1, 0.15) is 6.07 Å². The molecule has 18 heavy (non-hydrogen) atoms. The zero-order valence-corrected chi connectivity index (χ0v) is 11.5. The van der Waals surface area contributed by atoms with Crippen molar-refractivity contribution in [3.8, 4) is 6.07 Å². The first-order valence-corrected chi connectivity index (χ1v) is 6.57. The number of hydrogen-bond acceptors (Lipinski definition) is 3. The van der Waals surface area contributed by atoms with Gasteiger partial charge in [0.2, 0.25) is 0 Å². The maximum Gasteiger partial charge on any atom is 0.101 e. The molecule has 2 heterocycles. The van der Waals surface area contributed by atoms with E-state index in [1.807, 2.05) is 13.0 Å². The summed E-state index contributed by atoms with van der Waals surface area (Å²) >= 11 is 0. The van der Waals surface area contributed by atoms with E-state index in [0.29, 0.717) is 6.04 Å². The lowest BCUT2D eigenvalue weighted by Gasteiger charge is -2.25. The number of aryl methyl sites for hydroxylation is 1. The number of likely N-dealkylation sites (N-methyl/N-ethyl adjacent to an activating group) is 2. The Kier molecular flexibility index (Phi) is 4.05. The fourth-order valence-corrected chi connectivity index (χ4v) is 2.75. The lowest BCUT2D eigenvalue weighted by molar-refractivity contribution is 0.214. The third kappa shape index (κ3) is 2.92. The van der Waals surface area contributed by atoms with E-state index in [2.05, 4.69) is 34.9 Å². The van der Waals surface area contributed by atoms with E-state index >= 15 is 0 Å². The van der Waals surface area contributed by atoms with Gasteiger partial charge >= 0.3 is 0 Å². The molecule has 0 saturated carbocycles. The molecule has 1 fully saturated rings. The normalized spacial score (nSPS) is 20.5. The highest BCUT2D eigenvalue weighted by atomic mass is 15.2. The van der Waals surface area contributed by atoms with Gasteiger partial charge in [0.05, 0.1) is 5.56 Å². The average molecular weight is 246 g/mol. The van der Waals surface area contributed by atoms with Crippen molar-refractivity contribution in [2.24, 2.45) is 0 Å². The number of nitrogens with zero attached hydrogens (tertiary/aromatic N) is 3. The number of H-pyrrole nitrogens is 1. The minimum absolute atomic E-state index is 0.682. The number of likely N-dealkylation sites (tertiary alicyclic amines) is 1. The quantitative estimate of drug-likeness (QED) is 0.880. The fraction of sp³-hybridized carbons (Fsp3) is 0.643. The summed E-state index contributed by atoms with van der Waals surface area (Å²) in [5, 5.41) is 8.94. The van der Waals surface area contributed by atoms with Gasteiger partial charge in [0.25, 0.3) is 0 Å². The molecule has 1 N–H and O–H groups in total. The molecule has 1 aliphatic heterocycles. The second-order valence-electron chi connectivity index (χ2n) is 5.42. The van der Waals surface area contributed by atoms with Gasteiger partial charge in [-0.15, -0.1) is 0 Å². The topological polar surface area (TPSA) is 46.1 Å². The first kappa shape index (κ1) is 13.1. The molecule has 1 atom stereocenters. The average Bonchev–Trinajstić information content (AvgIpc) is 2.86. The van der Waals surface area contributed by atoms with Crippen LogP contribution in [0.15, 0.2) is 6.07 Å². The number of aromatic nitrogens is 1. The van der Waals surface area contributed by atoms with Gasteiger partial charge in [-0.25, -0.2) is 0 Å². The van der Waals surface area contributed by atoms with Crippen molar-refractivity contribution in [2.45, 2.75) is 32.4 Å². The SMILES string of the molecule is Cc1[nH]c(CN(C)CC2CCCN2C)cc1C#N. The molecular weight excluding hydrogens is 224 g/mol. The summed E-state index contributed by atoms with van der Waals surface area (Å²) in [6, 6.07) is 4.86. The van der Waals surface area contributed by atoms with Crippen LogP contribution in [0.2, 0.25) is 0 Å². The Labute approximate surface area is 109 Å². The summed E-state index contributed by atoms with van der Waals surface area (Å²) in [4.78, 5) is 8.06. The molecule has 4 nitrogen and oxygen atoms in total. The molecule has 1 aromatic rings. The van der Waals surface area contributed by atoms with E-state index in [1.54, 1.807) is 0 Å². The third-order valence-corrected chi connectivity index (χ3v) is 3.83. The smallest absolute Gasteiger partial charge is 0.101 e. The first-order valence-electron chi connectivity index (χ1n) is 6.57. The van der Waals surface area contributed by atoms with Crippen LogP contribution >= 0.6 is 0 Å². The van der Waals surface area contributed by atoms with Gasteiger partial charge in [-0.3, -0.25) is 4.90 Å². The van der Waals surface area contributed by atoms with Crippen LogP contribution in [-0.2, 0) is 6.54 Å². The van der Waals surface area contributed by atoms with E-state index in [9.17, 15) is 0 Å². The molecule has 0 spiro atoms. The third-order valence-electron chi connectivity index (χ3n) is 3.83. The molecule has 0 radical (unpaired) electrons. The summed E-state index contributed by atoms with van der Waals surface area (Å²) in [7, 11) is 4.35. The summed E-state index contributed by atoms with van der Waals surface area (Å²) in [5.74, 6) is 0. The van der Waals surface area contributed by atoms with E-state index in [1.165, 1.54) is 19.4 Å². The van der Waals surface area contributed by atoms with Crippen molar-refractivity contribution in [1.29, 1.82) is 5.26 Å². The zero-order valence-electron chi connectivity index (χ0n) is 11.5. The predicted molar refractivity (Wildman–Crippen MR) is 72.2 cm³/mol. The molecule has 0 aromatic carbocycles.